The minimum atomic E-state index is 0.102. The summed E-state index contributed by atoms with van der Waals surface area (Å²) in [5, 5.41) is 3.91. The van der Waals surface area contributed by atoms with Gasteiger partial charge in [-0.3, -0.25) is 4.79 Å². The van der Waals surface area contributed by atoms with Gasteiger partial charge in [0.25, 0.3) is 0 Å². The van der Waals surface area contributed by atoms with Crippen molar-refractivity contribution in [1.82, 2.24) is 14.8 Å². The minimum absolute atomic E-state index is 0.102. The third-order valence-corrected chi connectivity index (χ3v) is 1.72. The predicted molar refractivity (Wildman–Crippen MR) is 33.7 cm³/mol. The van der Waals surface area contributed by atoms with E-state index < -0.39 is 0 Å². The molecule has 0 fully saturated rings. The Labute approximate surface area is 57.9 Å². The molecule has 0 N–H and O–H groups in total. The molecule has 0 radical (unpaired) electrons. The quantitative estimate of drug-likeness (QED) is 0.520. The van der Waals surface area contributed by atoms with E-state index in [-0.39, 0.29) is 11.8 Å². The SMILES string of the molecule is CC1CC(=O)c2ncnn21. The highest BCUT2D eigenvalue weighted by molar-refractivity contribution is 5.94. The molecule has 0 amide bonds. The van der Waals surface area contributed by atoms with E-state index in [4.69, 9.17) is 0 Å². The van der Waals surface area contributed by atoms with Crippen LogP contribution in [0.3, 0.4) is 0 Å². The van der Waals surface area contributed by atoms with Crippen LogP contribution in [0.15, 0.2) is 6.33 Å². The Morgan fingerprint density at radius 2 is 2.60 bits per heavy atom. The van der Waals surface area contributed by atoms with Gasteiger partial charge < -0.3 is 0 Å². The highest BCUT2D eigenvalue weighted by Gasteiger charge is 2.27. The van der Waals surface area contributed by atoms with Crippen LogP contribution in [0.25, 0.3) is 0 Å². The number of aromatic nitrogens is 3. The van der Waals surface area contributed by atoms with Crippen molar-refractivity contribution < 1.29 is 4.79 Å². The number of ketones is 1. The van der Waals surface area contributed by atoms with Crippen LogP contribution in [0.1, 0.15) is 30.0 Å². The van der Waals surface area contributed by atoms with Crippen LogP contribution in [0.2, 0.25) is 0 Å². The summed E-state index contributed by atoms with van der Waals surface area (Å²) in [6.07, 6.45) is 1.97. The normalized spacial score (nSPS) is 23.3. The smallest absolute Gasteiger partial charge is 0.201 e. The van der Waals surface area contributed by atoms with E-state index in [1.54, 1.807) is 4.68 Å². The molecule has 1 aliphatic rings. The number of Topliss-reactive ketones (excluding diaryl/α,β-unsaturated/α-hetero) is 1. The molecule has 0 spiro atoms. The fourth-order valence-corrected chi connectivity index (χ4v) is 1.22. The molecule has 1 unspecified atom stereocenters. The lowest BCUT2D eigenvalue weighted by atomic mass is 10.2. The molecule has 1 atom stereocenters. The molecule has 4 heteroatoms. The first-order valence-electron chi connectivity index (χ1n) is 3.22. The van der Waals surface area contributed by atoms with Crippen LogP contribution in [-0.2, 0) is 0 Å². The number of hydrogen-bond donors (Lipinski definition) is 0. The number of carbonyl (C=O) groups excluding carboxylic acids is 1. The van der Waals surface area contributed by atoms with Gasteiger partial charge in [-0.05, 0) is 6.92 Å². The van der Waals surface area contributed by atoms with Crippen LogP contribution in [0, 0.1) is 0 Å². The van der Waals surface area contributed by atoms with E-state index in [0.717, 1.165) is 0 Å². The van der Waals surface area contributed by atoms with Gasteiger partial charge in [0.1, 0.15) is 6.33 Å². The summed E-state index contributed by atoms with van der Waals surface area (Å²) in [7, 11) is 0. The molecule has 2 rings (SSSR count). The van der Waals surface area contributed by atoms with Crippen molar-refractivity contribution in [3.63, 3.8) is 0 Å². The van der Waals surface area contributed by atoms with Gasteiger partial charge in [0, 0.05) is 6.42 Å². The summed E-state index contributed by atoms with van der Waals surface area (Å²) < 4.78 is 1.67. The molecule has 52 valence electrons. The van der Waals surface area contributed by atoms with Crippen LogP contribution in [0.4, 0.5) is 0 Å². The molecule has 0 bridgehead atoms. The lowest BCUT2D eigenvalue weighted by molar-refractivity contribution is 0.0986. The monoisotopic (exact) mass is 137 g/mol. The van der Waals surface area contributed by atoms with E-state index in [1.165, 1.54) is 6.33 Å². The summed E-state index contributed by atoms with van der Waals surface area (Å²) >= 11 is 0. The minimum Gasteiger partial charge on any atom is -0.291 e. The number of hydrogen-bond acceptors (Lipinski definition) is 3. The molecule has 2 heterocycles. The van der Waals surface area contributed by atoms with Gasteiger partial charge in [-0.1, -0.05) is 0 Å². The molecular formula is C6H7N3O. The van der Waals surface area contributed by atoms with E-state index in [2.05, 4.69) is 10.1 Å². The van der Waals surface area contributed by atoms with Crippen LogP contribution in [0.5, 0.6) is 0 Å². The van der Waals surface area contributed by atoms with Crippen LogP contribution in [-0.4, -0.2) is 20.5 Å². The lowest BCUT2D eigenvalue weighted by Crippen LogP contribution is -1.99. The second-order valence-corrected chi connectivity index (χ2v) is 2.50. The van der Waals surface area contributed by atoms with Crippen LogP contribution < -0.4 is 0 Å². The Kier molecular flexibility index (Phi) is 0.922. The predicted octanol–water partition coefficient (Wildman–Crippen LogP) is 0.425. The summed E-state index contributed by atoms with van der Waals surface area (Å²) in [6.45, 7) is 1.96. The molecule has 0 saturated carbocycles. The lowest BCUT2D eigenvalue weighted by Gasteiger charge is -1.98. The zero-order valence-corrected chi connectivity index (χ0v) is 5.61. The second-order valence-electron chi connectivity index (χ2n) is 2.50. The van der Waals surface area contributed by atoms with Crippen molar-refractivity contribution >= 4 is 5.78 Å². The fraction of sp³-hybridized carbons (Fsp3) is 0.500. The summed E-state index contributed by atoms with van der Waals surface area (Å²) in [5.41, 5.74) is 0. The molecular weight excluding hydrogens is 130 g/mol. The molecule has 10 heavy (non-hydrogen) atoms. The number of fused-ring (bicyclic) bond motifs is 1. The Balaban J connectivity index is 2.58. The maximum absolute atomic E-state index is 11.0. The molecule has 1 aromatic heterocycles. The largest absolute Gasteiger partial charge is 0.291 e. The molecule has 0 saturated heterocycles. The molecule has 4 nitrogen and oxygen atoms in total. The van der Waals surface area contributed by atoms with Crippen molar-refractivity contribution in [2.45, 2.75) is 19.4 Å². The van der Waals surface area contributed by atoms with Gasteiger partial charge >= 0.3 is 0 Å². The molecule has 1 aliphatic heterocycles. The number of nitrogens with zero attached hydrogens (tertiary/aromatic N) is 3. The summed E-state index contributed by atoms with van der Waals surface area (Å²) in [4.78, 5) is 14.8. The van der Waals surface area contributed by atoms with E-state index in [9.17, 15) is 4.79 Å². The first-order valence-corrected chi connectivity index (χ1v) is 3.22. The van der Waals surface area contributed by atoms with E-state index >= 15 is 0 Å². The van der Waals surface area contributed by atoms with Crippen molar-refractivity contribution in [2.75, 3.05) is 0 Å². The standard InChI is InChI=1S/C6H7N3O/c1-4-2-5(10)6-7-3-8-9(4)6/h3-4H,2H2,1H3. The zero-order valence-electron chi connectivity index (χ0n) is 5.61. The number of carbonyl (C=O) groups is 1. The van der Waals surface area contributed by atoms with Crippen molar-refractivity contribution in [1.29, 1.82) is 0 Å². The highest BCUT2D eigenvalue weighted by Crippen LogP contribution is 2.21. The maximum Gasteiger partial charge on any atom is 0.201 e. The van der Waals surface area contributed by atoms with Gasteiger partial charge in [-0.2, -0.15) is 5.10 Å². The second kappa shape index (κ2) is 1.65. The van der Waals surface area contributed by atoms with Gasteiger partial charge in [0.15, 0.2) is 5.82 Å². The third kappa shape index (κ3) is 0.531. The third-order valence-electron chi connectivity index (χ3n) is 1.72. The Hall–Kier alpha value is -1.19. The topological polar surface area (TPSA) is 47.8 Å². The van der Waals surface area contributed by atoms with Gasteiger partial charge in [-0.25, -0.2) is 9.67 Å². The average Bonchev–Trinajstić information content (AvgIpc) is 2.39. The van der Waals surface area contributed by atoms with Gasteiger partial charge in [0.05, 0.1) is 6.04 Å². The Morgan fingerprint density at radius 3 is 3.30 bits per heavy atom. The summed E-state index contributed by atoms with van der Waals surface area (Å²) in [5.74, 6) is 0.609. The van der Waals surface area contributed by atoms with Gasteiger partial charge in [-0.15, -0.1) is 0 Å². The Morgan fingerprint density at radius 1 is 1.80 bits per heavy atom. The van der Waals surface area contributed by atoms with Crippen molar-refractivity contribution in [3.8, 4) is 0 Å². The van der Waals surface area contributed by atoms with E-state index in [1.807, 2.05) is 6.92 Å². The molecule has 0 aromatic carbocycles. The zero-order chi connectivity index (χ0) is 7.14. The molecule has 0 aliphatic carbocycles. The first-order chi connectivity index (χ1) is 4.79. The first kappa shape index (κ1) is 5.58. The number of rotatable bonds is 0. The molecule has 1 aromatic rings. The van der Waals surface area contributed by atoms with E-state index in [0.29, 0.717) is 12.2 Å². The fourth-order valence-electron chi connectivity index (χ4n) is 1.22. The summed E-state index contributed by atoms with van der Waals surface area (Å²) in [6, 6.07) is 0.199. The van der Waals surface area contributed by atoms with Gasteiger partial charge in [0.2, 0.25) is 5.78 Å². The maximum atomic E-state index is 11.0. The van der Waals surface area contributed by atoms with Crippen molar-refractivity contribution in [3.05, 3.63) is 12.2 Å². The van der Waals surface area contributed by atoms with Crippen LogP contribution >= 0.6 is 0 Å². The average molecular weight is 137 g/mol. The Bertz CT molecular complexity index is 278. The highest BCUT2D eigenvalue weighted by atomic mass is 16.1. The van der Waals surface area contributed by atoms with Crippen molar-refractivity contribution in [2.24, 2.45) is 0 Å².